The number of H-pyrrole nitrogens is 1. The van der Waals surface area contributed by atoms with Gasteiger partial charge in [-0.25, -0.2) is 15.0 Å². The molecule has 4 nitrogen and oxygen atoms in total. The standard InChI is InChI=1S/C6H3Cl3N4/c7-6(8,9)5-12-3-4(13-5)11-2-1-10-3/h1-2H,(H,10,11,12,13). The zero-order valence-corrected chi connectivity index (χ0v) is 8.40. The lowest BCUT2D eigenvalue weighted by atomic mass is 10.7. The minimum absolute atomic E-state index is 0.221. The van der Waals surface area contributed by atoms with Gasteiger partial charge in [-0.05, 0) is 0 Å². The fraction of sp³-hybridized carbons (Fsp3) is 0.167. The Morgan fingerprint density at radius 3 is 2.46 bits per heavy atom. The highest BCUT2D eigenvalue weighted by Crippen LogP contribution is 2.36. The first-order chi connectivity index (χ1) is 6.07. The molecule has 13 heavy (non-hydrogen) atoms. The maximum Gasteiger partial charge on any atom is 0.248 e. The Morgan fingerprint density at radius 1 is 1.15 bits per heavy atom. The zero-order valence-electron chi connectivity index (χ0n) is 6.13. The Labute approximate surface area is 88.3 Å². The van der Waals surface area contributed by atoms with Crippen LogP contribution >= 0.6 is 34.8 Å². The van der Waals surface area contributed by atoms with Gasteiger partial charge in [0, 0.05) is 12.4 Å². The molecule has 7 heteroatoms. The molecule has 0 spiro atoms. The maximum absolute atomic E-state index is 5.61. The van der Waals surface area contributed by atoms with Crippen LogP contribution in [0.4, 0.5) is 0 Å². The lowest BCUT2D eigenvalue weighted by Crippen LogP contribution is -2.02. The second kappa shape index (κ2) is 2.97. The van der Waals surface area contributed by atoms with E-state index in [1.807, 2.05) is 0 Å². The molecule has 0 fully saturated rings. The summed E-state index contributed by atoms with van der Waals surface area (Å²) in [7, 11) is 0. The molecule has 0 saturated carbocycles. The van der Waals surface area contributed by atoms with Gasteiger partial charge in [-0.1, -0.05) is 34.8 Å². The fourth-order valence-corrected chi connectivity index (χ4v) is 1.15. The molecule has 0 amide bonds. The first kappa shape index (κ1) is 8.99. The molecule has 0 saturated heterocycles. The fourth-order valence-electron chi connectivity index (χ4n) is 0.881. The van der Waals surface area contributed by atoms with Crippen molar-refractivity contribution >= 4 is 46.1 Å². The van der Waals surface area contributed by atoms with Crippen molar-refractivity contribution in [1.29, 1.82) is 0 Å². The van der Waals surface area contributed by atoms with Gasteiger partial charge < -0.3 is 4.98 Å². The number of hydrogen-bond acceptors (Lipinski definition) is 3. The van der Waals surface area contributed by atoms with Gasteiger partial charge in [0.1, 0.15) is 0 Å². The Hall–Kier alpha value is -0.580. The van der Waals surface area contributed by atoms with Crippen LogP contribution in [0.25, 0.3) is 11.3 Å². The van der Waals surface area contributed by atoms with Gasteiger partial charge >= 0.3 is 0 Å². The van der Waals surface area contributed by atoms with E-state index in [0.29, 0.717) is 11.3 Å². The van der Waals surface area contributed by atoms with E-state index in [2.05, 4.69) is 19.9 Å². The molecule has 0 aliphatic carbocycles. The number of nitrogens with one attached hydrogen (secondary N) is 1. The minimum Gasteiger partial charge on any atom is -0.322 e. The Kier molecular flexibility index (Phi) is 2.06. The van der Waals surface area contributed by atoms with Crippen LogP contribution in [0.1, 0.15) is 5.82 Å². The third-order valence-electron chi connectivity index (χ3n) is 1.40. The van der Waals surface area contributed by atoms with E-state index in [1.54, 1.807) is 0 Å². The topological polar surface area (TPSA) is 54.5 Å². The summed E-state index contributed by atoms with van der Waals surface area (Å²) in [5.41, 5.74) is 0.938. The normalized spacial score (nSPS) is 12.2. The van der Waals surface area contributed by atoms with E-state index in [4.69, 9.17) is 34.8 Å². The number of aromatic nitrogens is 4. The molecule has 0 unspecified atom stereocenters. The molecular weight excluding hydrogens is 234 g/mol. The smallest absolute Gasteiger partial charge is 0.248 e. The van der Waals surface area contributed by atoms with E-state index in [0.717, 1.165) is 0 Å². The van der Waals surface area contributed by atoms with Crippen LogP contribution in [-0.4, -0.2) is 19.9 Å². The number of aromatic amines is 1. The van der Waals surface area contributed by atoms with Gasteiger partial charge in [-0.3, -0.25) is 0 Å². The number of fused-ring (bicyclic) bond motifs is 1. The van der Waals surface area contributed by atoms with Crippen LogP contribution in [0, 0.1) is 0 Å². The van der Waals surface area contributed by atoms with Crippen LogP contribution in [0.5, 0.6) is 0 Å². The van der Waals surface area contributed by atoms with Crippen LogP contribution in [0.2, 0.25) is 0 Å². The molecule has 2 aromatic heterocycles. The molecule has 1 N–H and O–H groups in total. The summed E-state index contributed by atoms with van der Waals surface area (Å²) >= 11 is 16.8. The Bertz CT molecular complexity index is 400. The van der Waals surface area contributed by atoms with Crippen molar-refractivity contribution in [3.63, 3.8) is 0 Å². The Balaban J connectivity index is 2.63. The molecule has 2 heterocycles. The maximum atomic E-state index is 5.61. The van der Waals surface area contributed by atoms with E-state index in [-0.39, 0.29) is 5.82 Å². The predicted octanol–water partition coefficient (Wildman–Crippen LogP) is 2.18. The summed E-state index contributed by atoms with van der Waals surface area (Å²) in [6.45, 7) is 0. The largest absolute Gasteiger partial charge is 0.322 e. The summed E-state index contributed by atoms with van der Waals surface area (Å²) in [5, 5.41) is 0. The van der Waals surface area contributed by atoms with Crippen molar-refractivity contribution in [2.75, 3.05) is 0 Å². The quantitative estimate of drug-likeness (QED) is 0.715. The van der Waals surface area contributed by atoms with Gasteiger partial charge in [0.05, 0.1) is 0 Å². The number of alkyl halides is 3. The van der Waals surface area contributed by atoms with Crippen LogP contribution in [-0.2, 0) is 3.79 Å². The average molecular weight is 237 g/mol. The van der Waals surface area contributed by atoms with E-state index < -0.39 is 3.79 Å². The highest BCUT2D eigenvalue weighted by molar-refractivity contribution is 6.66. The highest BCUT2D eigenvalue weighted by atomic mass is 35.6. The summed E-state index contributed by atoms with van der Waals surface area (Å²) in [6, 6.07) is 0. The zero-order chi connectivity index (χ0) is 9.47. The van der Waals surface area contributed by atoms with Gasteiger partial charge in [-0.2, -0.15) is 0 Å². The summed E-state index contributed by atoms with van der Waals surface area (Å²) in [6.07, 6.45) is 3.05. The second-order valence-corrected chi connectivity index (χ2v) is 4.59. The van der Waals surface area contributed by atoms with Gasteiger partial charge in [-0.15, -0.1) is 0 Å². The van der Waals surface area contributed by atoms with Gasteiger partial charge in [0.15, 0.2) is 17.1 Å². The summed E-state index contributed by atoms with van der Waals surface area (Å²) in [4.78, 5) is 14.6. The van der Waals surface area contributed by atoms with Crippen LogP contribution in [0.3, 0.4) is 0 Å². The molecule has 2 rings (SSSR count). The summed E-state index contributed by atoms with van der Waals surface area (Å²) in [5.74, 6) is 0.221. The van der Waals surface area contributed by atoms with Crippen molar-refractivity contribution in [3.05, 3.63) is 18.2 Å². The SMILES string of the molecule is ClC(Cl)(Cl)c1nc2nccnc2[nH]1. The molecule has 0 radical (unpaired) electrons. The molecule has 0 aliphatic rings. The number of hydrogen-bond donors (Lipinski definition) is 1. The first-order valence-corrected chi connectivity index (χ1v) is 4.44. The van der Waals surface area contributed by atoms with Gasteiger partial charge in [0.25, 0.3) is 0 Å². The molecule has 2 aromatic rings. The lowest BCUT2D eigenvalue weighted by Gasteiger charge is -2.04. The predicted molar refractivity (Wildman–Crippen MR) is 50.9 cm³/mol. The second-order valence-electron chi connectivity index (χ2n) is 2.31. The average Bonchev–Trinajstić information content (AvgIpc) is 2.45. The van der Waals surface area contributed by atoms with Crippen molar-refractivity contribution < 1.29 is 0 Å². The molecule has 0 atom stereocenters. The number of nitrogens with zero attached hydrogens (tertiary/aromatic N) is 3. The van der Waals surface area contributed by atoms with Gasteiger partial charge in [0.2, 0.25) is 3.79 Å². The number of imidazole rings is 1. The van der Waals surface area contributed by atoms with Crippen LogP contribution < -0.4 is 0 Å². The summed E-state index contributed by atoms with van der Waals surface area (Å²) < 4.78 is -1.57. The van der Waals surface area contributed by atoms with E-state index >= 15 is 0 Å². The van der Waals surface area contributed by atoms with Crippen LogP contribution in [0.15, 0.2) is 12.4 Å². The van der Waals surface area contributed by atoms with Crippen molar-refractivity contribution in [1.82, 2.24) is 19.9 Å². The highest BCUT2D eigenvalue weighted by Gasteiger charge is 2.27. The molecule has 0 aliphatic heterocycles. The van der Waals surface area contributed by atoms with E-state index in [9.17, 15) is 0 Å². The molecular formula is C6H3Cl3N4. The van der Waals surface area contributed by atoms with Crippen molar-refractivity contribution in [3.8, 4) is 0 Å². The first-order valence-electron chi connectivity index (χ1n) is 3.31. The number of halogens is 3. The third-order valence-corrected chi connectivity index (χ3v) is 1.94. The third kappa shape index (κ3) is 1.70. The minimum atomic E-state index is -1.57. The lowest BCUT2D eigenvalue weighted by molar-refractivity contribution is 1.04. The molecule has 0 bridgehead atoms. The molecule has 0 aromatic carbocycles. The van der Waals surface area contributed by atoms with E-state index in [1.165, 1.54) is 12.4 Å². The Morgan fingerprint density at radius 2 is 1.85 bits per heavy atom. The van der Waals surface area contributed by atoms with Crippen molar-refractivity contribution in [2.24, 2.45) is 0 Å². The molecule has 68 valence electrons. The number of rotatable bonds is 0. The monoisotopic (exact) mass is 236 g/mol. The van der Waals surface area contributed by atoms with Crippen molar-refractivity contribution in [2.45, 2.75) is 3.79 Å².